The molecular weight excluding hydrogens is 375 g/mol. The molecule has 6 nitrogen and oxygen atoms in total. The van der Waals surface area contributed by atoms with Crippen molar-refractivity contribution < 1.29 is 9.39 Å². The van der Waals surface area contributed by atoms with E-state index in [1.54, 1.807) is 7.11 Å². The second-order valence-corrected chi connectivity index (χ2v) is 9.63. The van der Waals surface area contributed by atoms with E-state index in [4.69, 9.17) is 14.4 Å². The molecule has 2 aliphatic heterocycles. The molecule has 0 aliphatic carbocycles. The molecule has 0 spiro atoms. The smallest absolute Gasteiger partial charge is 0.329 e. The first kappa shape index (κ1) is 21.1. The highest BCUT2D eigenvalue weighted by molar-refractivity contribution is 6.68. The van der Waals surface area contributed by atoms with Crippen LogP contribution >= 0.6 is 0 Å². The van der Waals surface area contributed by atoms with E-state index in [0.717, 1.165) is 44.9 Å². The third-order valence-electron chi connectivity index (χ3n) is 7.01. The maximum atomic E-state index is 6.35. The zero-order valence-electron chi connectivity index (χ0n) is 18.9. The number of piperazine rings is 1. The van der Waals surface area contributed by atoms with E-state index in [0.29, 0.717) is 5.88 Å². The highest BCUT2D eigenvalue weighted by Crippen LogP contribution is 2.45. The Kier molecular flexibility index (Phi) is 5.77. The fourth-order valence-electron chi connectivity index (χ4n) is 4.25. The molecule has 160 valence electrons. The van der Waals surface area contributed by atoms with E-state index in [9.17, 15) is 0 Å². The topological polar surface area (TPSA) is 50.7 Å². The third-order valence-corrected chi connectivity index (χ3v) is 7.01. The van der Waals surface area contributed by atoms with Crippen LogP contribution in [0.15, 0.2) is 36.7 Å². The summed E-state index contributed by atoms with van der Waals surface area (Å²) in [6, 6.07) is 8.36. The molecule has 0 bridgehead atoms. The predicted octanol–water partition coefficient (Wildman–Crippen LogP) is 2.84. The minimum Gasteiger partial charge on any atom is -0.481 e. The average molecular weight is 408 g/mol. The molecule has 0 N–H and O–H groups in total. The van der Waals surface area contributed by atoms with Crippen LogP contribution in [0.2, 0.25) is 6.32 Å². The monoisotopic (exact) mass is 408 g/mol. The quantitative estimate of drug-likeness (QED) is 0.710. The van der Waals surface area contributed by atoms with Crippen molar-refractivity contribution in [3.8, 4) is 5.88 Å². The summed E-state index contributed by atoms with van der Waals surface area (Å²) in [4.78, 5) is 13.9. The summed E-state index contributed by atoms with van der Waals surface area (Å²) >= 11 is 0. The van der Waals surface area contributed by atoms with E-state index < -0.39 is 0 Å². The lowest BCUT2D eigenvalue weighted by Gasteiger charge is -2.35. The SMILES string of the molecule is COc1ccc(CN2CCN(c3ccc(B4CC(C)(C)C(C)(C)O4)cn3)CC2)cn1. The molecule has 0 unspecified atom stereocenters. The van der Waals surface area contributed by atoms with Gasteiger partial charge in [0.1, 0.15) is 5.82 Å². The molecule has 2 aromatic heterocycles. The predicted molar refractivity (Wildman–Crippen MR) is 122 cm³/mol. The Labute approximate surface area is 180 Å². The van der Waals surface area contributed by atoms with Crippen LogP contribution in [-0.2, 0) is 11.2 Å². The summed E-state index contributed by atoms with van der Waals surface area (Å²) in [5.41, 5.74) is 2.44. The third kappa shape index (κ3) is 4.32. The lowest BCUT2D eigenvalue weighted by atomic mass is 9.54. The van der Waals surface area contributed by atoms with Gasteiger partial charge in [0.2, 0.25) is 5.88 Å². The number of ether oxygens (including phenoxy) is 1. The maximum absolute atomic E-state index is 6.35. The lowest BCUT2D eigenvalue weighted by Crippen LogP contribution is -2.46. The zero-order chi connectivity index (χ0) is 21.4. The summed E-state index contributed by atoms with van der Waals surface area (Å²) in [6.07, 6.45) is 4.94. The van der Waals surface area contributed by atoms with Crippen LogP contribution < -0.4 is 15.1 Å². The number of pyridine rings is 2. The van der Waals surface area contributed by atoms with Crippen LogP contribution in [0.4, 0.5) is 5.82 Å². The minimum absolute atomic E-state index is 0.119. The van der Waals surface area contributed by atoms with Gasteiger partial charge in [0.25, 0.3) is 0 Å². The molecule has 2 aromatic rings. The van der Waals surface area contributed by atoms with Gasteiger partial charge < -0.3 is 14.3 Å². The van der Waals surface area contributed by atoms with Gasteiger partial charge in [0.05, 0.1) is 12.7 Å². The fraction of sp³-hybridized carbons (Fsp3) is 0.565. The number of methoxy groups -OCH3 is 1. The van der Waals surface area contributed by atoms with Gasteiger partial charge in [-0.2, -0.15) is 0 Å². The van der Waals surface area contributed by atoms with Crippen LogP contribution in [0.3, 0.4) is 0 Å². The number of hydrogen-bond donors (Lipinski definition) is 0. The second-order valence-electron chi connectivity index (χ2n) is 9.63. The molecule has 0 aromatic carbocycles. The van der Waals surface area contributed by atoms with E-state index >= 15 is 0 Å². The molecule has 0 radical (unpaired) electrons. The molecule has 0 saturated carbocycles. The normalized spacial score (nSPS) is 21.1. The standard InChI is InChI=1S/C23H33BN4O2/c1-22(2)17-24(30-23(22,3)4)19-7-8-20(25-15-19)28-12-10-27(11-13-28)16-18-6-9-21(29-5)26-14-18/h6-9,14-15H,10-13,16-17H2,1-5H3. The molecule has 7 heteroatoms. The molecule has 2 aliphatic rings. The Hall–Kier alpha value is -2.12. The Morgan fingerprint density at radius 1 is 1.00 bits per heavy atom. The number of rotatable bonds is 5. The number of anilines is 1. The summed E-state index contributed by atoms with van der Waals surface area (Å²) in [7, 11) is 1.64. The van der Waals surface area contributed by atoms with Gasteiger partial charge >= 0.3 is 6.92 Å². The largest absolute Gasteiger partial charge is 0.481 e. The van der Waals surface area contributed by atoms with Crippen molar-refractivity contribution in [2.45, 2.75) is 46.2 Å². The van der Waals surface area contributed by atoms with Gasteiger partial charge in [-0.1, -0.05) is 26.0 Å². The number of nitrogens with zero attached hydrogens (tertiary/aromatic N) is 4. The lowest BCUT2D eigenvalue weighted by molar-refractivity contribution is 0.0375. The van der Waals surface area contributed by atoms with Crippen molar-refractivity contribution in [3.05, 3.63) is 42.2 Å². The van der Waals surface area contributed by atoms with Gasteiger partial charge in [-0.3, -0.25) is 4.90 Å². The molecule has 2 saturated heterocycles. The Balaban J connectivity index is 1.32. The summed E-state index contributed by atoms with van der Waals surface area (Å²) in [5.74, 6) is 1.72. The molecule has 4 heterocycles. The maximum Gasteiger partial charge on any atom is 0.329 e. The molecule has 30 heavy (non-hydrogen) atoms. The highest BCUT2D eigenvalue weighted by atomic mass is 16.5. The van der Waals surface area contributed by atoms with E-state index in [1.807, 2.05) is 18.5 Å². The van der Waals surface area contributed by atoms with Crippen LogP contribution in [0.1, 0.15) is 33.3 Å². The minimum atomic E-state index is -0.119. The molecule has 2 fully saturated rings. The Morgan fingerprint density at radius 3 is 2.30 bits per heavy atom. The first-order chi connectivity index (χ1) is 14.3. The Morgan fingerprint density at radius 2 is 1.77 bits per heavy atom. The summed E-state index contributed by atoms with van der Waals surface area (Å²) < 4.78 is 11.5. The highest BCUT2D eigenvalue weighted by Gasteiger charge is 2.49. The molecule has 4 rings (SSSR count). The van der Waals surface area contributed by atoms with Crippen molar-refractivity contribution in [2.24, 2.45) is 5.41 Å². The van der Waals surface area contributed by atoms with Gasteiger partial charge in [-0.25, -0.2) is 9.97 Å². The number of aromatic nitrogens is 2. The van der Waals surface area contributed by atoms with Gasteiger partial charge in [-0.15, -0.1) is 0 Å². The van der Waals surface area contributed by atoms with Crippen molar-refractivity contribution in [1.29, 1.82) is 0 Å². The zero-order valence-corrected chi connectivity index (χ0v) is 18.9. The second kappa shape index (κ2) is 8.19. The molecule has 0 atom stereocenters. The Bertz CT molecular complexity index is 831. The van der Waals surface area contributed by atoms with Crippen LogP contribution in [-0.4, -0.2) is 60.7 Å². The fourth-order valence-corrected chi connectivity index (χ4v) is 4.25. The van der Waals surface area contributed by atoms with E-state index in [-0.39, 0.29) is 17.9 Å². The first-order valence-electron chi connectivity index (χ1n) is 10.9. The average Bonchev–Trinajstić information content (AvgIpc) is 2.96. The molecule has 0 amide bonds. The van der Waals surface area contributed by atoms with Crippen LogP contribution in [0, 0.1) is 5.41 Å². The van der Waals surface area contributed by atoms with Crippen molar-refractivity contribution in [3.63, 3.8) is 0 Å². The van der Waals surface area contributed by atoms with Gasteiger partial charge in [0.15, 0.2) is 0 Å². The van der Waals surface area contributed by atoms with Gasteiger partial charge in [-0.05, 0) is 42.7 Å². The van der Waals surface area contributed by atoms with Crippen LogP contribution in [0.5, 0.6) is 5.88 Å². The number of hydrogen-bond acceptors (Lipinski definition) is 6. The van der Waals surface area contributed by atoms with E-state index in [2.05, 4.69) is 60.7 Å². The molecular formula is C23H33BN4O2. The van der Waals surface area contributed by atoms with Crippen molar-refractivity contribution >= 4 is 18.2 Å². The van der Waals surface area contributed by atoms with Crippen LogP contribution in [0.25, 0.3) is 0 Å². The van der Waals surface area contributed by atoms with Crippen molar-refractivity contribution in [2.75, 3.05) is 38.2 Å². The van der Waals surface area contributed by atoms with E-state index in [1.165, 1.54) is 11.0 Å². The van der Waals surface area contributed by atoms with Crippen molar-refractivity contribution in [1.82, 2.24) is 14.9 Å². The summed E-state index contributed by atoms with van der Waals surface area (Å²) in [6.45, 7) is 14.0. The summed E-state index contributed by atoms with van der Waals surface area (Å²) in [5, 5.41) is 0. The first-order valence-corrected chi connectivity index (χ1v) is 10.9. The van der Waals surface area contributed by atoms with Gasteiger partial charge in [0, 0.05) is 51.2 Å².